The highest BCUT2D eigenvalue weighted by atomic mass is 16.5. The second kappa shape index (κ2) is 6.36. The first kappa shape index (κ1) is 15.5. The van der Waals surface area contributed by atoms with E-state index < -0.39 is 0 Å². The summed E-state index contributed by atoms with van der Waals surface area (Å²) >= 11 is 0. The first-order chi connectivity index (χ1) is 11.1. The zero-order chi connectivity index (χ0) is 16.4. The number of rotatable bonds is 4. The second-order valence-electron chi connectivity index (χ2n) is 5.66. The van der Waals surface area contributed by atoms with Gasteiger partial charge in [0, 0.05) is 32.1 Å². The summed E-state index contributed by atoms with van der Waals surface area (Å²) in [4.78, 5) is 23.4. The summed E-state index contributed by atoms with van der Waals surface area (Å²) in [6.07, 6.45) is 2.57. The topological polar surface area (TPSA) is 84.2 Å². The van der Waals surface area contributed by atoms with Gasteiger partial charge in [0.15, 0.2) is 5.69 Å². The van der Waals surface area contributed by atoms with Gasteiger partial charge in [-0.25, -0.2) is 9.97 Å². The number of nitrogens with one attached hydrogen (secondary N) is 1. The van der Waals surface area contributed by atoms with E-state index in [2.05, 4.69) is 20.4 Å². The minimum absolute atomic E-state index is 0.0434. The molecule has 7 heteroatoms. The molecule has 1 aliphatic rings. The summed E-state index contributed by atoms with van der Waals surface area (Å²) in [6.45, 7) is 4.53. The van der Waals surface area contributed by atoms with Gasteiger partial charge in [-0.05, 0) is 19.8 Å². The molecule has 0 radical (unpaired) electrons. The Bertz CT molecular complexity index is 712. The van der Waals surface area contributed by atoms with Crippen LogP contribution >= 0.6 is 0 Å². The molecule has 2 aromatic heterocycles. The molecule has 0 aliphatic carbocycles. The van der Waals surface area contributed by atoms with Crippen molar-refractivity contribution in [2.24, 2.45) is 0 Å². The minimum Gasteiger partial charge on any atom is -0.373 e. The van der Waals surface area contributed by atoms with Crippen LogP contribution in [0.4, 0.5) is 5.82 Å². The fourth-order valence-electron chi connectivity index (χ4n) is 2.93. The Labute approximate surface area is 135 Å². The SMILES string of the molecule is CCc1cc(C(=O)N2CCCC2c2cc(NC)nc(C)n2)no1. The number of aromatic nitrogens is 3. The predicted molar refractivity (Wildman–Crippen MR) is 85.2 cm³/mol. The molecule has 1 unspecified atom stereocenters. The number of nitrogens with zero attached hydrogens (tertiary/aromatic N) is 4. The molecule has 7 nitrogen and oxygen atoms in total. The molecule has 122 valence electrons. The summed E-state index contributed by atoms with van der Waals surface area (Å²) < 4.78 is 5.16. The third kappa shape index (κ3) is 3.04. The van der Waals surface area contributed by atoms with E-state index in [0.717, 1.165) is 36.5 Å². The van der Waals surface area contributed by atoms with Crippen molar-refractivity contribution in [1.82, 2.24) is 20.0 Å². The molecule has 0 aromatic carbocycles. The Morgan fingerprint density at radius 1 is 1.43 bits per heavy atom. The number of aryl methyl sites for hydroxylation is 2. The molecule has 0 spiro atoms. The van der Waals surface area contributed by atoms with E-state index in [0.29, 0.717) is 18.1 Å². The van der Waals surface area contributed by atoms with Crippen molar-refractivity contribution in [1.29, 1.82) is 0 Å². The van der Waals surface area contributed by atoms with Crippen LogP contribution in [0, 0.1) is 6.92 Å². The summed E-state index contributed by atoms with van der Waals surface area (Å²) in [5.74, 6) is 2.08. The van der Waals surface area contributed by atoms with E-state index in [-0.39, 0.29) is 11.9 Å². The molecule has 1 aliphatic heterocycles. The molecule has 1 N–H and O–H groups in total. The Balaban J connectivity index is 1.88. The van der Waals surface area contributed by atoms with E-state index in [1.807, 2.05) is 31.9 Å². The van der Waals surface area contributed by atoms with Gasteiger partial charge >= 0.3 is 0 Å². The highest BCUT2D eigenvalue weighted by Gasteiger charge is 2.33. The van der Waals surface area contributed by atoms with Gasteiger partial charge < -0.3 is 14.7 Å². The maximum Gasteiger partial charge on any atom is 0.276 e. The van der Waals surface area contributed by atoms with Crippen LogP contribution in [0.1, 0.15) is 53.6 Å². The Hall–Kier alpha value is -2.44. The van der Waals surface area contributed by atoms with Gasteiger partial charge in [-0.2, -0.15) is 0 Å². The monoisotopic (exact) mass is 315 g/mol. The standard InChI is InChI=1S/C16H21N5O2/c1-4-11-8-13(20-23-11)16(22)21-7-5-6-14(21)12-9-15(17-3)19-10(2)18-12/h8-9,14H,4-7H2,1-3H3,(H,17,18,19). The van der Waals surface area contributed by atoms with Crippen LogP contribution in [0.25, 0.3) is 0 Å². The number of likely N-dealkylation sites (tertiary alicyclic amines) is 1. The molecular weight excluding hydrogens is 294 g/mol. The molecule has 1 atom stereocenters. The Kier molecular flexibility index (Phi) is 4.27. The maximum absolute atomic E-state index is 12.7. The summed E-state index contributed by atoms with van der Waals surface area (Å²) in [7, 11) is 1.82. The summed E-state index contributed by atoms with van der Waals surface area (Å²) in [6, 6.07) is 3.59. The molecule has 1 fully saturated rings. The zero-order valence-electron chi connectivity index (χ0n) is 13.7. The highest BCUT2D eigenvalue weighted by Crippen LogP contribution is 2.32. The lowest BCUT2D eigenvalue weighted by molar-refractivity contribution is 0.0722. The average Bonchev–Trinajstić information content (AvgIpc) is 3.22. The molecule has 2 aromatic rings. The smallest absolute Gasteiger partial charge is 0.276 e. The minimum atomic E-state index is -0.0989. The second-order valence-corrected chi connectivity index (χ2v) is 5.66. The lowest BCUT2D eigenvalue weighted by atomic mass is 10.1. The Morgan fingerprint density at radius 3 is 2.96 bits per heavy atom. The fraction of sp³-hybridized carbons (Fsp3) is 0.500. The van der Waals surface area contributed by atoms with Crippen molar-refractivity contribution >= 4 is 11.7 Å². The lowest BCUT2D eigenvalue weighted by Crippen LogP contribution is -2.31. The fourth-order valence-corrected chi connectivity index (χ4v) is 2.93. The number of hydrogen-bond donors (Lipinski definition) is 1. The van der Waals surface area contributed by atoms with Crippen LogP contribution in [0.15, 0.2) is 16.7 Å². The molecule has 3 heterocycles. The molecular formula is C16H21N5O2. The van der Waals surface area contributed by atoms with Crippen LogP contribution < -0.4 is 5.32 Å². The Morgan fingerprint density at radius 2 is 2.26 bits per heavy atom. The van der Waals surface area contributed by atoms with Crippen molar-refractivity contribution in [3.05, 3.63) is 35.1 Å². The van der Waals surface area contributed by atoms with Crippen molar-refractivity contribution in [2.75, 3.05) is 18.9 Å². The lowest BCUT2D eigenvalue weighted by Gasteiger charge is -2.23. The zero-order valence-corrected chi connectivity index (χ0v) is 13.7. The number of hydrogen-bond acceptors (Lipinski definition) is 6. The van der Waals surface area contributed by atoms with Crippen LogP contribution in [0.3, 0.4) is 0 Å². The van der Waals surface area contributed by atoms with Gasteiger partial charge in [0.2, 0.25) is 0 Å². The predicted octanol–water partition coefficient (Wildman–Crippen LogP) is 2.35. The van der Waals surface area contributed by atoms with Gasteiger partial charge in [0.05, 0.1) is 11.7 Å². The van der Waals surface area contributed by atoms with E-state index in [9.17, 15) is 4.79 Å². The van der Waals surface area contributed by atoms with Gasteiger partial charge in [0.1, 0.15) is 17.4 Å². The van der Waals surface area contributed by atoms with Crippen molar-refractivity contribution in [3.63, 3.8) is 0 Å². The van der Waals surface area contributed by atoms with Gasteiger partial charge in [-0.1, -0.05) is 12.1 Å². The number of amides is 1. The molecule has 23 heavy (non-hydrogen) atoms. The largest absolute Gasteiger partial charge is 0.373 e. The number of anilines is 1. The number of carbonyl (C=O) groups excluding carboxylic acids is 1. The first-order valence-electron chi connectivity index (χ1n) is 7.92. The third-order valence-corrected chi connectivity index (χ3v) is 4.10. The van der Waals surface area contributed by atoms with Crippen LogP contribution in [-0.2, 0) is 6.42 Å². The van der Waals surface area contributed by atoms with Crippen LogP contribution in [0.5, 0.6) is 0 Å². The van der Waals surface area contributed by atoms with Crippen LogP contribution in [0.2, 0.25) is 0 Å². The van der Waals surface area contributed by atoms with Crippen molar-refractivity contribution in [2.45, 2.75) is 39.2 Å². The van der Waals surface area contributed by atoms with Crippen molar-refractivity contribution < 1.29 is 9.32 Å². The third-order valence-electron chi connectivity index (χ3n) is 4.10. The van der Waals surface area contributed by atoms with Gasteiger partial charge in [-0.3, -0.25) is 4.79 Å². The number of carbonyl (C=O) groups is 1. The van der Waals surface area contributed by atoms with E-state index in [4.69, 9.17) is 4.52 Å². The quantitative estimate of drug-likeness (QED) is 0.932. The summed E-state index contributed by atoms with van der Waals surface area (Å²) in [5.41, 5.74) is 1.24. The first-order valence-corrected chi connectivity index (χ1v) is 7.92. The summed E-state index contributed by atoms with van der Waals surface area (Å²) in [5, 5.41) is 6.94. The van der Waals surface area contributed by atoms with E-state index in [1.165, 1.54) is 0 Å². The molecule has 3 rings (SSSR count). The maximum atomic E-state index is 12.7. The van der Waals surface area contributed by atoms with E-state index >= 15 is 0 Å². The molecule has 1 saturated heterocycles. The average molecular weight is 315 g/mol. The normalized spacial score (nSPS) is 17.5. The van der Waals surface area contributed by atoms with E-state index in [1.54, 1.807) is 6.07 Å². The molecule has 0 bridgehead atoms. The molecule has 0 saturated carbocycles. The van der Waals surface area contributed by atoms with Crippen LogP contribution in [-0.4, -0.2) is 39.5 Å². The van der Waals surface area contributed by atoms with Gasteiger partial charge in [-0.15, -0.1) is 0 Å². The van der Waals surface area contributed by atoms with Crippen molar-refractivity contribution in [3.8, 4) is 0 Å². The van der Waals surface area contributed by atoms with Gasteiger partial charge in [0.25, 0.3) is 5.91 Å². The molecule has 1 amide bonds. The highest BCUT2D eigenvalue weighted by molar-refractivity contribution is 5.92.